The van der Waals surface area contributed by atoms with Gasteiger partial charge in [-0.25, -0.2) is 0 Å². The van der Waals surface area contributed by atoms with Crippen molar-refractivity contribution in [2.75, 3.05) is 6.54 Å². The normalized spacial score (nSPS) is 12.7. The third-order valence-electron chi connectivity index (χ3n) is 3.18. The molecule has 1 aromatic heterocycles. The average molecular weight is 393 g/mol. The van der Waals surface area contributed by atoms with Gasteiger partial charge in [-0.1, -0.05) is 36.2 Å². The zero-order valence-electron chi connectivity index (χ0n) is 11.3. The van der Waals surface area contributed by atoms with Crippen LogP contribution < -0.4 is 5.32 Å². The smallest absolute Gasteiger partial charge is 0.0704 e. The second kappa shape index (κ2) is 7.28. The lowest BCUT2D eigenvalue weighted by Gasteiger charge is -2.18. The zero-order chi connectivity index (χ0) is 14.7. The Bertz CT molecular complexity index is 598. The molecule has 0 aliphatic heterocycles. The van der Waals surface area contributed by atoms with Crippen LogP contribution in [0.3, 0.4) is 0 Å². The largest absolute Gasteiger partial charge is 0.310 e. The van der Waals surface area contributed by atoms with E-state index in [1.807, 2.05) is 18.2 Å². The molecule has 0 saturated heterocycles. The fourth-order valence-corrected chi connectivity index (χ4v) is 4.34. The second-order valence-corrected chi connectivity index (χ2v) is 8.07. The van der Waals surface area contributed by atoms with Crippen molar-refractivity contribution >= 4 is 50.5 Å². The third kappa shape index (κ3) is 3.99. The Balaban J connectivity index is 2.25. The van der Waals surface area contributed by atoms with Crippen LogP contribution in [0.25, 0.3) is 0 Å². The number of halogens is 3. The van der Waals surface area contributed by atoms with Crippen molar-refractivity contribution in [3.8, 4) is 0 Å². The Morgan fingerprint density at radius 1 is 1.25 bits per heavy atom. The minimum atomic E-state index is 0.291. The topological polar surface area (TPSA) is 12.0 Å². The van der Waals surface area contributed by atoms with Crippen LogP contribution in [0, 0.1) is 6.92 Å². The van der Waals surface area contributed by atoms with Crippen LogP contribution in [0.1, 0.15) is 29.0 Å². The first kappa shape index (κ1) is 16.3. The maximum Gasteiger partial charge on any atom is 0.0704 e. The average Bonchev–Trinajstić information content (AvgIpc) is 2.72. The van der Waals surface area contributed by atoms with E-state index >= 15 is 0 Å². The van der Waals surface area contributed by atoms with Crippen molar-refractivity contribution in [2.24, 2.45) is 0 Å². The number of benzene rings is 1. The van der Waals surface area contributed by atoms with E-state index in [1.54, 1.807) is 11.3 Å². The predicted molar refractivity (Wildman–Crippen MR) is 93.3 cm³/mol. The maximum absolute atomic E-state index is 6.10. The highest BCUT2D eigenvalue weighted by molar-refractivity contribution is 9.11. The van der Waals surface area contributed by atoms with Gasteiger partial charge in [-0.2, -0.15) is 0 Å². The molecular formula is C15H16BrCl2NS. The molecule has 5 heteroatoms. The summed E-state index contributed by atoms with van der Waals surface area (Å²) in [7, 11) is 0. The highest BCUT2D eigenvalue weighted by atomic mass is 79.9. The van der Waals surface area contributed by atoms with Crippen LogP contribution in [0.4, 0.5) is 0 Å². The van der Waals surface area contributed by atoms with E-state index in [2.05, 4.69) is 41.2 Å². The van der Waals surface area contributed by atoms with Gasteiger partial charge in [0.25, 0.3) is 0 Å². The summed E-state index contributed by atoms with van der Waals surface area (Å²) in [6.45, 7) is 5.21. The molecule has 0 aliphatic carbocycles. The van der Waals surface area contributed by atoms with E-state index in [0.717, 1.165) is 13.0 Å². The number of aryl methyl sites for hydroxylation is 1. The summed E-state index contributed by atoms with van der Waals surface area (Å²) in [5, 5.41) is 4.76. The summed E-state index contributed by atoms with van der Waals surface area (Å²) in [5.41, 5.74) is 2.53. The van der Waals surface area contributed by atoms with Crippen LogP contribution in [0.5, 0.6) is 0 Å². The first-order chi connectivity index (χ1) is 9.51. The van der Waals surface area contributed by atoms with Crippen LogP contribution in [0.2, 0.25) is 10.0 Å². The molecule has 0 aliphatic rings. The Hall–Kier alpha value is -0.0600. The Labute approximate surface area is 142 Å². The number of likely N-dealkylation sites (N-methyl/N-ethyl adjacent to an activating group) is 1. The standard InChI is InChI=1S/C15H16BrCl2NS/c1-3-19-14(11-8-15(16)20-9(11)2)7-10-4-5-12(17)13(18)6-10/h4-6,8,14,19H,3,7H2,1-2H3. The van der Waals surface area contributed by atoms with Crippen LogP contribution in [-0.2, 0) is 6.42 Å². The highest BCUT2D eigenvalue weighted by Gasteiger charge is 2.16. The highest BCUT2D eigenvalue weighted by Crippen LogP contribution is 2.33. The van der Waals surface area contributed by atoms with Gasteiger partial charge in [-0.3, -0.25) is 0 Å². The minimum absolute atomic E-state index is 0.291. The molecule has 1 heterocycles. The lowest BCUT2D eigenvalue weighted by Crippen LogP contribution is -2.23. The maximum atomic E-state index is 6.10. The number of rotatable bonds is 5. The lowest BCUT2D eigenvalue weighted by atomic mass is 9.99. The Morgan fingerprint density at radius 3 is 2.55 bits per heavy atom. The van der Waals surface area contributed by atoms with Crippen LogP contribution >= 0.6 is 50.5 Å². The molecule has 0 bridgehead atoms. The van der Waals surface area contributed by atoms with Gasteiger partial charge >= 0.3 is 0 Å². The molecule has 20 heavy (non-hydrogen) atoms. The first-order valence-electron chi connectivity index (χ1n) is 6.44. The van der Waals surface area contributed by atoms with Crippen molar-refractivity contribution < 1.29 is 0 Å². The molecule has 1 nitrogen and oxygen atoms in total. The predicted octanol–water partition coefficient (Wildman–Crippen LogP) is 6.02. The van der Waals surface area contributed by atoms with Crippen molar-refractivity contribution in [1.29, 1.82) is 0 Å². The van der Waals surface area contributed by atoms with E-state index in [4.69, 9.17) is 23.2 Å². The van der Waals surface area contributed by atoms with Crippen LogP contribution in [0.15, 0.2) is 28.1 Å². The quantitative estimate of drug-likeness (QED) is 0.655. The van der Waals surface area contributed by atoms with E-state index in [0.29, 0.717) is 16.1 Å². The summed E-state index contributed by atoms with van der Waals surface area (Å²) < 4.78 is 1.17. The van der Waals surface area contributed by atoms with E-state index < -0.39 is 0 Å². The first-order valence-corrected chi connectivity index (χ1v) is 8.81. The fourth-order valence-electron chi connectivity index (χ4n) is 2.25. The molecule has 0 radical (unpaired) electrons. The zero-order valence-corrected chi connectivity index (χ0v) is 15.3. The van der Waals surface area contributed by atoms with Crippen molar-refractivity contribution in [2.45, 2.75) is 26.3 Å². The van der Waals surface area contributed by atoms with E-state index in [1.165, 1.54) is 19.8 Å². The Morgan fingerprint density at radius 2 is 2.00 bits per heavy atom. The second-order valence-electron chi connectivity index (χ2n) is 4.62. The molecule has 1 atom stereocenters. The SMILES string of the molecule is CCNC(Cc1ccc(Cl)c(Cl)c1)c1cc(Br)sc1C. The summed E-state index contributed by atoms with van der Waals surface area (Å²) >= 11 is 17.4. The molecule has 2 rings (SSSR count). The van der Waals surface area contributed by atoms with E-state index in [9.17, 15) is 0 Å². The summed E-state index contributed by atoms with van der Waals surface area (Å²) in [6.07, 6.45) is 0.898. The van der Waals surface area contributed by atoms with Gasteiger partial charge in [-0.05, 0) is 65.1 Å². The van der Waals surface area contributed by atoms with E-state index in [-0.39, 0.29) is 0 Å². The molecule has 0 saturated carbocycles. The third-order valence-corrected chi connectivity index (χ3v) is 5.48. The number of hydrogen-bond acceptors (Lipinski definition) is 2. The number of nitrogens with one attached hydrogen (secondary N) is 1. The van der Waals surface area contributed by atoms with Gasteiger partial charge in [-0.15, -0.1) is 11.3 Å². The molecular weight excluding hydrogens is 377 g/mol. The van der Waals surface area contributed by atoms with Gasteiger partial charge in [0.1, 0.15) is 0 Å². The summed E-state index contributed by atoms with van der Waals surface area (Å²) in [6, 6.07) is 8.34. The van der Waals surface area contributed by atoms with Crippen LogP contribution in [-0.4, -0.2) is 6.54 Å². The monoisotopic (exact) mass is 391 g/mol. The van der Waals surface area contributed by atoms with Crippen molar-refractivity contribution in [1.82, 2.24) is 5.32 Å². The molecule has 1 unspecified atom stereocenters. The summed E-state index contributed by atoms with van der Waals surface area (Å²) in [5.74, 6) is 0. The fraction of sp³-hybridized carbons (Fsp3) is 0.333. The van der Waals surface area contributed by atoms with Crippen molar-refractivity contribution in [3.05, 3.63) is 54.1 Å². The minimum Gasteiger partial charge on any atom is -0.310 e. The van der Waals surface area contributed by atoms with Gasteiger partial charge < -0.3 is 5.32 Å². The lowest BCUT2D eigenvalue weighted by molar-refractivity contribution is 0.549. The Kier molecular flexibility index (Phi) is 5.94. The van der Waals surface area contributed by atoms with Gasteiger partial charge in [0.15, 0.2) is 0 Å². The summed E-state index contributed by atoms with van der Waals surface area (Å²) in [4.78, 5) is 1.34. The molecule has 108 valence electrons. The molecule has 2 aromatic rings. The van der Waals surface area contributed by atoms with Gasteiger partial charge in [0, 0.05) is 10.9 Å². The van der Waals surface area contributed by atoms with Gasteiger partial charge in [0.2, 0.25) is 0 Å². The molecule has 0 fully saturated rings. The molecule has 1 aromatic carbocycles. The van der Waals surface area contributed by atoms with Gasteiger partial charge in [0.05, 0.1) is 13.8 Å². The number of thiophene rings is 1. The number of hydrogen-bond donors (Lipinski definition) is 1. The molecule has 1 N–H and O–H groups in total. The molecule has 0 spiro atoms. The van der Waals surface area contributed by atoms with Crippen molar-refractivity contribution in [3.63, 3.8) is 0 Å². The molecule has 0 amide bonds.